The van der Waals surface area contributed by atoms with Gasteiger partial charge in [-0.25, -0.2) is 0 Å². The number of fused-ring (bicyclic) bond motifs is 8. The van der Waals surface area contributed by atoms with E-state index in [-0.39, 0.29) is 5.41 Å². The van der Waals surface area contributed by atoms with Crippen molar-refractivity contribution in [3.8, 4) is 50.3 Å². The van der Waals surface area contributed by atoms with Gasteiger partial charge in [-0.15, -0.1) is 0 Å². The van der Waals surface area contributed by atoms with Crippen molar-refractivity contribution >= 4 is 44.3 Å². The summed E-state index contributed by atoms with van der Waals surface area (Å²) in [7, 11) is 0. The molecule has 3 heteroatoms. The number of nitrogens with zero attached hydrogens (tertiary/aromatic N) is 2. The van der Waals surface area contributed by atoms with Crippen molar-refractivity contribution in [3.05, 3.63) is 199 Å². The Kier molecular flexibility index (Phi) is 7.10. The summed E-state index contributed by atoms with van der Waals surface area (Å²) in [4.78, 5) is 4.81. The predicted molar refractivity (Wildman–Crippen MR) is 242 cm³/mol. The molecule has 9 aromatic rings. The zero-order valence-corrected chi connectivity index (χ0v) is 32.5. The molecule has 0 amide bonds. The highest BCUT2D eigenvalue weighted by molar-refractivity contribution is 6.19. The summed E-state index contributed by atoms with van der Waals surface area (Å²) in [5.74, 6) is 0.969. The summed E-state index contributed by atoms with van der Waals surface area (Å²) < 4.78 is 6.83. The van der Waals surface area contributed by atoms with Gasteiger partial charge < -0.3 is 14.5 Å². The van der Waals surface area contributed by atoms with Crippen LogP contribution in [-0.4, -0.2) is 6.73 Å². The first-order valence-corrected chi connectivity index (χ1v) is 20.3. The lowest BCUT2D eigenvalue weighted by Crippen LogP contribution is -2.32. The van der Waals surface area contributed by atoms with Gasteiger partial charge in [0.1, 0.15) is 5.75 Å². The van der Waals surface area contributed by atoms with Gasteiger partial charge in [-0.3, -0.25) is 0 Å². The highest BCUT2D eigenvalue weighted by atomic mass is 16.5. The zero-order valence-electron chi connectivity index (χ0n) is 32.5. The fourth-order valence-corrected chi connectivity index (χ4v) is 10.2. The van der Waals surface area contributed by atoms with Crippen LogP contribution in [0.1, 0.15) is 30.5 Å². The molecule has 0 N–H and O–H groups in total. The molecular formula is C55H40N2O. The molecule has 0 saturated carbocycles. The fraction of sp³-hybridized carbons (Fsp3) is 0.0909. The molecule has 2 aliphatic carbocycles. The predicted octanol–water partition coefficient (Wildman–Crippen LogP) is 14.4. The van der Waals surface area contributed by atoms with Crippen LogP contribution in [0.15, 0.2) is 182 Å². The number of anilines is 4. The quantitative estimate of drug-likeness (QED) is 0.175. The summed E-state index contributed by atoms with van der Waals surface area (Å²) >= 11 is 0. The van der Waals surface area contributed by atoms with E-state index in [4.69, 9.17) is 4.74 Å². The number of rotatable bonds is 5. The lowest BCUT2D eigenvalue weighted by molar-refractivity contribution is 0.290. The normalized spacial score (nSPS) is 14.1. The minimum atomic E-state index is -0.227. The minimum Gasteiger partial charge on any atom is -0.472 e. The van der Waals surface area contributed by atoms with E-state index in [1.165, 1.54) is 77.2 Å². The molecule has 0 aromatic heterocycles. The summed E-state index contributed by atoms with van der Waals surface area (Å²) in [5, 5.41) is 5.00. The highest BCUT2D eigenvalue weighted by Crippen LogP contribution is 2.57. The number of hydrogen-bond donors (Lipinski definition) is 0. The molecule has 0 radical (unpaired) electrons. The van der Waals surface area contributed by atoms with Crippen LogP contribution >= 0.6 is 0 Å². The van der Waals surface area contributed by atoms with Gasteiger partial charge in [0.2, 0.25) is 0 Å². The van der Waals surface area contributed by atoms with Crippen LogP contribution in [0.2, 0.25) is 0 Å². The van der Waals surface area contributed by atoms with Crippen molar-refractivity contribution in [2.45, 2.75) is 25.8 Å². The van der Waals surface area contributed by atoms with Crippen LogP contribution in [0.25, 0.3) is 66.1 Å². The van der Waals surface area contributed by atoms with Gasteiger partial charge in [0.15, 0.2) is 6.73 Å². The molecule has 1 heterocycles. The van der Waals surface area contributed by atoms with Crippen molar-refractivity contribution in [3.63, 3.8) is 0 Å². The van der Waals surface area contributed by atoms with Crippen LogP contribution in [0.5, 0.6) is 5.75 Å². The minimum absolute atomic E-state index is 0.227. The van der Waals surface area contributed by atoms with Crippen molar-refractivity contribution in [2.24, 2.45) is 0 Å². The second-order valence-electron chi connectivity index (χ2n) is 16.5. The molecule has 12 rings (SSSR count). The topological polar surface area (TPSA) is 15.7 Å². The monoisotopic (exact) mass is 744 g/mol. The standard InChI is InChI=1S/C55H40N2O/c1-55(2)49-25-11-10-21-46(49)53-48(45-23-12-16-37-33-56(34-58-54(37)45)38-17-4-3-5-18-38)31-40(32-50(53)55)57(39-27-26-35-14-6-7-15-36(35)30-39)51-29-28-44-42-20-9-8-19-41(42)43-22-13-24-47(51)52(43)44/h3-32H,33-34H2,1-2H3. The number of hydrogen-bond acceptors (Lipinski definition) is 3. The maximum Gasteiger partial charge on any atom is 0.161 e. The van der Waals surface area contributed by atoms with E-state index in [1.807, 2.05) is 0 Å². The largest absolute Gasteiger partial charge is 0.472 e. The first-order valence-electron chi connectivity index (χ1n) is 20.3. The maximum absolute atomic E-state index is 6.83. The average Bonchev–Trinajstić information content (AvgIpc) is 3.73. The van der Waals surface area contributed by atoms with Crippen molar-refractivity contribution < 1.29 is 4.74 Å². The summed E-state index contributed by atoms with van der Waals surface area (Å²) in [6, 6.07) is 67.1. The second-order valence-corrected chi connectivity index (χ2v) is 16.5. The van der Waals surface area contributed by atoms with Gasteiger partial charge >= 0.3 is 0 Å². The molecular weight excluding hydrogens is 705 g/mol. The van der Waals surface area contributed by atoms with Crippen molar-refractivity contribution in [2.75, 3.05) is 16.5 Å². The zero-order chi connectivity index (χ0) is 38.5. The van der Waals surface area contributed by atoms with E-state index in [2.05, 4.69) is 206 Å². The molecule has 0 fully saturated rings. The summed E-state index contributed by atoms with van der Waals surface area (Å²) in [5.41, 5.74) is 18.3. The van der Waals surface area contributed by atoms with E-state index >= 15 is 0 Å². The molecule has 3 nitrogen and oxygen atoms in total. The smallest absolute Gasteiger partial charge is 0.161 e. The van der Waals surface area contributed by atoms with E-state index < -0.39 is 0 Å². The molecule has 0 atom stereocenters. The van der Waals surface area contributed by atoms with Gasteiger partial charge in [0, 0.05) is 45.5 Å². The Morgan fingerprint density at radius 2 is 1.19 bits per heavy atom. The van der Waals surface area contributed by atoms with Crippen LogP contribution in [-0.2, 0) is 12.0 Å². The van der Waals surface area contributed by atoms with Crippen LogP contribution in [0.4, 0.5) is 22.7 Å². The van der Waals surface area contributed by atoms with E-state index in [0.717, 1.165) is 40.6 Å². The van der Waals surface area contributed by atoms with Crippen molar-refractivity contribution in [1.29, 1.82) is 0 Å². The van der Waals surface area contributed by atoms with Crippen molar-refractivity contribution in [1.82, 2.24) is 0 Å². The summed E-state index contributed by atoms with van der Waals surface area (Å²) in [6.07, 6.45) is 0. The van der Waals surface area contributed by atoms with Gasteiger partial charge in [0.25, 0.3) is 0 Å². The Labute approximate surface area is 339 Å². The molecule has 9 aromatic carbocycles. The molecule has 0 saturated heterocycles. The van der Waals surface area contributed by atoms with Gasteiger partial charge in [-0.05, 0) is 109 Å². The maximum atomic E-state index is 6.83. The first-order chi connectivity index (χ1) is 28.5. The van der Waals surface area contributed by atoms with Gasteiger partial charge in [-0.2, -0.15) is 0 Å². The van der Waals surface area contributed by atoms with E-state index in [0.29, 0.717) is 6.73 Å². The van der Waals surface area contributed by atoms with Crippen LogP contribution < -0.4 is 14.5 Å². The van der Waals surface area contributed by atoms with Crippen LogP contribution in [0.3, 0.4) is 0 Å². The SMILES string of the molecule is CC1(C)c2ccccc2-c2c(-c3cccc4c3OCN(c3ccccc3)C4)cc(N(c3ccc4ccccc4c3)c3ccc4c5c(cccc35)-c3ccccc3-4)cc21. The Balaban J connectivity index is 1.13. The molecule has 0 bridgehead atoms. The molecule has 1 aliphatic heterocycles. The van der Waals surface area contributed by atoms with E-state index in [9.17, 15) is 0 Å². The molecule has 276 valence electrons. The van der Waals surface area contributed by atoms with E-state index in [1.54, 1.807) is 0 Å². The average molecular weight is 745 g/mol. The summed E-state index contributed by atoms with van der Waals surface area (Å²) in [6.45, 7) is 6.04. The van der Waals surface area contributed by atoms with Crippen LogP contribution in [0, 0.1) is 0 Å². The lowest BCUT2D eigenvalue weighted by Gasteiger charge is -2.33. The third kappa shape index (κ3) is 4.80. The Hall–Kier alpha value is -7.10. The Morgan fingerprint density at radius 1 is 0.500 bits per heavy atom. The highest BCUT2D eigenvalue weighted by Gasteiger charge is 2.39. The van der Waals surface area contributed by atoms with Gasteiger partial charge in [0.05, 0.1) is 5.69 Å². The Bertz CT molecular complexity index is 3110. The Morgan fingerprint density at radius 3 is 2.03 bits per heavy atom. The molecule has 0 unspecified atom stereocenters. The number of benzene rings is 9. The third-order valence-electron chi connectivity index (χ3n) is 12.9. The number of para-hydroxylation sites is 2. The first kappa shape index (κ1) is 33.1. The van der Waals surface area contributed by atoms with Gasteiger partial charge in [-0.1, -0.05) is 153 Å². The second kappa shape index (κ2) is 12.4. The number of ether oxygens (including phenoxy) is 1. The molecule has 3 aliphatic rings. The molecule has 58 heavy (non-hydrogen) atoms. The molecule has 0 spiro atoms. The third-order valence-corrected chi connectivity index (χ3v) is 12.9. The lowest BCUT2D eigenvalue weighted by atomic mass is 9.81. The fourth-order valence-electron chi connectivity index (χ4n) is 10.2.